The maximum atomic E-state index is 5.72. The van der Waals surface area contributed by atoms with E-state index in [0.29, 0.717) is 0 Å². The van der Waals surface area contributed by atoms with Gasteiger partial charge in [-0.3, -0.25) is 4.98 Å². The molecule has 0 aliphatic heterocycles. The number of hydrogen-bond acceptors (Lipinski definition) is 3. The van der Waals surface area contributed by atoms with Gasteiger partial charge in [-0.2, -0.15) is 0 Å². The molecule has 3 heteroatoms. The number of anilines is 2. The van der Waals surface area contributed by atoms with Crippen LogP contribution in [0.25, 0.3) is 0 Å². The molecule has 11 heavy (non-hydrogen) atoms. The van der Waals surface area contributed by atoms with Crippen LogP contribution in [0.2, 0.25) is 0 Å². The first-order valence-electron chi connectivity index (χ1n) is 3.66. The Morgan fingerprint density at radius 1 is 1.64 bits per heavy atom. The molecule has 0 aromatic carbocycles. The monoisotopic (exact) mass is 151 g/mol. The molecule has 0 amide bonds. The van der Waals surface area contributed by atoms with Crippen LogP contribution in [0.4, 0.5) is 11.4 Å². The van der Waals surface area contributed by atoms with E-state index in [9.17, 15) is 0 Å². The number of hydrogen-bond donors (Lipinski definition) is 1. The predicted octanol–water partition coefficient (Wildman–Crippen LogP) is 1.12. The third kappa shape index (κ3) is 1.61. The fourth-order valence-corrected chi connectivity index (χ4v) is 0.886. The molecule has 2 N–H and O–H groups in total. The van der Waals surface area contributed by atoms with Crippen molar-refractivity contribution in [2.75, 3.05) is 24.2 Å². The normalized spacial score (nSPS) is 9.64. The van der Waals surface area contributed by atoms with Crippen LogP contribution in [0.5, 0.6) is 0 Å². The van der Waals surface area contributed by atoms with E-state index in [4.69, 9.17) is 5.73 Å². The summed E-state index contributed by atoms with van der Waals surface area (Å²) in [6.07, 6.45) is 3.47. The average molecular weight is 151 g/mol. The summed E-state index contributed by atoms with van der Waals surface area (Å²) >= 11 is 0. The van der Waals surface area contributed by atoms with E-state index in [1.54, 1.807) is 12.4 Å². The van der Waals surface area contributed by atoms with Crippen molar-refractivity contribution in [1.82, 2.24) is 4.98 Å². The smallest absolute Gasteiger partial charge is 0.0783 e. The molecule has 0 aliphatic rings. The highest BCUT2D eigenvalue weighted by atomic mass is 15.1. The molecule has 3 nitrogen and oxygen atoms in total. The number of nitrogens with zero attached hydrogens (tertiary/aromatic N) is 2. The number of nitrogen functional groups attached to an aromatic ring is 1. The summed E-state index contributed by atoms with van der Waals surface area (Å²) in [5.41, 5.74) is 7.49. The number of rotatable bonds is 2. The standard InChI is InChI=1S/C8H13N3/c1-3-11(2)8-6-10-5-4-7(8)9/h4-6H,3H2,1-2H3,(H2,9,10). The van der Waals surface area contributed by atoms with Gasteiger partial charge < -0.3 is 10.6 Å². The van der Waals surface area contributed by atoms with E-state index in [0.717, 1.165) is 17.9 Å². The molecule has 1 aromatic rings. The summed E-state index contributed by atoms with van der Waals surface area (Å²) in [7, 11) is 1.99. The molecule has 0 radical (unpaired) electrons. The molecule has 1 rings (SSSR count). The second-order valence-corrected chi connectivity index (χ2v) is 2.45. The van der Waals surface area contributed by atoms with Crippen molar-refractivity contribution in [2.24, 2.45) is 0 Å². The molecule has 0 saturated carbocycles. The van der Waals surface area contributed by atoms with Crippen molar-refractivity contribution in [2.45, 2.75) is 6.92 Å². The lowest BCUT2D eigenvalue weighted by Gasteiger charge is -2.17. The Hall–Kier alpha value is -1.25. The summed E-state index contributed by atoms with van der Waals surface area (Å²) in [6, 6.07) is 1.81. The van der Waals surface area contributed by atoms with Crippen molar-refractivity contribution in [3.05, 3.63) is 18.5 Å². The van der Waals surface area contributed by atoms with Crippen molar-refractivity contribution in [3.8, 4) is 0 Å². The summed E-state index contributed by atoms with van der Waals surface area (Å²) in [5.74, 6) is 0. The molecular weight excluding hydrogens is 138 g/mol. The third-order valence-electron chi connectivity index (χ3n) is 1.72. The Labute approximate surface area is 66.8 Å². The van der Waals surface area contributed by atoms with Gasteiger partial charge in [0.1, 0.15) is 0 Å². The molecular formula is C8H13N3. The van der Waals surface area contributed by atoms with Gasteiger partial charge >= 0.3 is 0 Å². The second kappa shape index (κ2) is 3.23. The number of pyridine rings is 1. The van der Waals surface area contributed by atoms with Crippen molar-refractivity contribution >= 4 is 11.4 Å². The summed E-state index contributed by atoms with van der Waals surface area (Å²) in [4.78, 5) is 6.05. The Bertz CT molecular complexity index is 235. The molecule has 0 saturated heterocycles. The molecule has 1 heterocycles. The zero-order valence-electron chi connectivity index (χ0n) is 6.91. The Morgan fingerprint density at radius 3 is 2.91 bits per heavy atom. The van der Waals surface area contributed by atoms with Gasteiger partial charge in [0.25, 0.3) is 0 Å². The van der Waals surface area contributed by atoms with Gasteiger partial charge in [-0.15, -0.1) is 0 Å². The van der Waals surface area contributed by atoms with Gasteiger partial charge in [0.15, 0.2) is 0 Å². The minimum atomic E-state index is 0.782. The largest absolute Gasteiger partial charge is 0.397 e. The topological polar surface area (TPSA) is 42.2 Å². The summed E-state index contributed by atoms with van der Waals surface area (Å²) in [6.45, 7) is 3.02. The number of nitrogens with two attached hydrogens (primary N) is 1. The molecule has 0 fully saturated rings. The first-order chi connectivity index (χ1) is 5.25. The quantitative estimate of drug-likeness (QED) is 0.688. The molecule has 0 unspecified atom stereocenters. The van der Waals surface area contributed by atoms with Gasteiger partial charge in [-0.1, -0.05) is 0 Å². The van der Waals surface area contributed by atoms with E-state index in [-0.39, 0.29) is 0 Å². The Morgan fingerprint density at radius 2 is 2.36 bits per heavy atom. The highest BCUT2D eigenvalue weighted by molar-refractivity contribution is 5.65. The Kier molecular flexibility index (Phi) is 2.31. The van der Waals surface area contributed by atoms with Crippen LogP contribution in [-0.4, -0.2) is 18.6 Å². The molecule has 0 aliphatic carbocycles. The zero-order chi connectivity index (χ0) is 8.27. The van der Waals surface area contributed by atoms with Crippen LogP contribution in [0.15, 0.2) is 18.5 Å². The minimum Gasteiger partial charge on any atom is -0.397 e. The van der Waals surface area contributed by atoms with Crippen LogP contribution in [-0.2, 0) is 0 Å². The molecule has 1 aromatic heterocycles. The van der Waals surface area contributed by atoms with Gasteiger partial charge in [-0.25, -0.2) is 0 Å². The van der Waals surface area contributed by atoms with Gasteiger partial charge in [-0.05, 0) is 13.0 Å². The maximum Gasteiger partial charge on any atom is 0.0783 e. The molecule has 0 spiro atoms. The number of aromatic nitrogens is 1. The molecule has 0 atom stereocenters. The van der Waals surface area contributed by atoms with Crippen molar-refractivity contribution < 1.29 is 0 Å². The van der Waals surface area contributed by atoms with Gasteiger partial charge in [0, 0.05) is 19.8 Å². The highest BCUT2D eigenvalue weighted by Gasteiger charge is 2.00. The van der Waals surface area contributed by atoms with Crippen LogP contribution in [0.3, 0.4) is 0 Å². The van der Waals surface area contributed by atoms with Crippen LogP contribution in [0.1, 0.15) is 6.92 Å². The van der Waals surface area contributed by atoms with Gasteiger partial charge in [0.05, 0.1) is 17.6 Å². The summed E-state index contributed by atoms with van der Waals surface area (Å²) in [5, 5.41) is 0. The third-order valence-corrected chi connectivity index (χ3v) is 1.72. The zero-order valence-corrected chi connectivity index (χ0v) is 6.91. The lowest BCUT2D eigenvalue weighted by atomic mass is 10.3. The predicted molar refractivity (Wildman–Crippen MR) is 47.6 cm³/mol. The Balaban J connectivity index is 2.93. The highest BCUT2D eigenvalue weighted by Crippen LogP contribution is 2.18. The molecule has 0 bridgehead atoms. The first kappa shape index (κ1) is 7.85. The van der Waals surface area contributed by atoms with E-state index >= 15 is 0 Å². The maximum absolute atomic E-state index is 5.72. The van der Waals surface area contributed by atoms with Crippen LogP contribution >= 0.6 is 0 Å². The first-order valence-corrected chi connectivity index (χ1v) is 3.66. The average Bonchev–Trinajstić information content (AvgIpc) is 2.04. The van der Waals surface area contributed by atoms with Crippen molar-refractivity contribution in [1.29, 1.82) is 0 Å². The fourth-order valence-electron chi connectivity index (χ4n) is 0.886. The van der Waals surface area contributed by atoms with E-state index < -0.39 is 0 Å². The van der Waals surface area contributed by atoms with Crippen LogP contribution < -0.4 is 10.6 Å². The van der Waals surface area contributed by atoms with Crippen molar-refractivity contribution in [3.63, 3.8) is 0 Å². The lowest BCUT2D eigenvalue weighted by molar-refractivity contribution is 0.963. The summed E-state index contributed by atoms with van der Waals surface area (Å²) < 4.78 is 0. The minimum absolute atomic E-state index is 0.782. The SMILES string of the molecule is CCN(C)c1cnccc1N. The second-order valence-electron chi connectivity index (χ2n) is 2.45. The fraction of sp³-hybridized carbons (Fsp3) is 0.375. The van der Waals surface area contributed by atoms with Crippen LogP contribution in [0, 0.1) is 0 Å². The molecule has 60 valence electrons. The van der Waals surface area contributed by atoms with Gasteiger partial charge in [0.2, 0.25) is 0 Å². The lowest BCUT2D eigenvalue weighted by Crippen LogP contribution is -2.17. The van der Waals surface area contributed by atoms with E-state index in [2.05, 4.69) is 16.8 Å². The van der Waals surface area contributed by atoms with E-state index in [1.807, 2.05) is 13.1 Å². The van der Waals surface area contributed by atoms with E-state index in [1.165, 1.54) is 0 Å².